The van der Waals surface area contributed by atoms with Crippen molar-refractivity contribution in [2.75, 3.05) is 0 Å². The summed E-state index contributed by atoms with van der Waals surface area (Å²) < 4.78 is 6.33. The van der Waals surface area contributed by atoms with Gasteiger partial charge >= 0.3 is 5.97 Å². The SMILES string of the molecule is CCC(C)(C)c1ccc(OC(C)(C)C(=O)O)c(Br)c1. The monoisotopic (exact) mass is 328 g/mol. The van der Waals surface area contributed by atoms with E-state index in [2.05, 4.69) is 36.7 Å². The topological polar surface area (TPSA) is 46.5 Å². The molecule has 0 spiro atoms. The van der Waals surface area contributed by atoms with E-state index in [0.29, 0.717) is 5.75 Å². The van der Waals surface area contributed by atoms with Gasteiger partial charge in [-0.3, -0.25) is 0 Å². The highest BCUT2D eigenvalue weighted by Crippen LogP contribution is 2.34. The van der Waals surface area contributed by atoms with Crippen molar-refractivity contribution in [3.63, 3.8) is 0 Å². The molecule has 1 N–H and O–H groups in total. The third-order valence-electron chi connectivity index (χ3n) is 3.48. The molecule has 0 saturated heterocycles. The first-order valence-corrected chi connectivity index (χ1v) is 7.12. The molecule has 106 valence electrons. The fraction of sp³-hybridized carbons (Fsp3) is 0.533. The highest BCUT2D eigenvalue weighted by atomic mass is 79.9. The lowest BCUT2D eigenvalue weighted by Crippen LogP contribution is -2.38. The van der Waals surface area contributed by atoms with Gasteiger partial charge in [-0.05, 0) is 59.3 Å². The van der Waals surface area contributed by atoms with Crippen LogP contribution in [-0.2, 0) is 10.2 Å². The second kappa shape index (κ2) is 5.53. The van der Waals surface area contributed by atoms with Crippen LogP contribution >= 0.6 is 15.9 Å². The van der Waals surface area contributed by atoms with E-state index in [1.807, 2.05) is 18.2 Å². The molecule has 0 bridgehead atoms. The Balaban J connectivity index is 3.06. The summed E-state index contributed by atoms with van der Waals surface area (Å²) in [5.74, 6) is -0.444. The number of carboxylic acids is 1. The molecular weight excluding hydrogens is 308 g/mol. The van der Waals surface area contributed by atoms with Crippen LogP contribution in [0.4, 0.5) is 0 Å². The van der Waals surface area contributed by atoms with Crippen LogP contribution in [0.3, 0.4) is 0 Å². The minimum absolute atomic E-state index is 0.0867. The van der Waals surface area contributed by atoms with Crippen molar-refractivity contribution >= 4 is 21.9 Å². The van der Waals surface area contributed by atoms with Crippen molar-refractivity contribution < 1.29 is 14.6 Å². The molecule has 0 heterocycles. The fourth-order valence-electron chi connectivity index (χ4n) is 1.53. The van der Waals surface area contributed by atoms with Gasteiger partial charge in [0.2, 0.25) is 0 Å². The molecule has 0 saturated carbocycles. The molecule has 1 aromatic carbocycles. The molecule has 0 fully saturated rings. The first kappa shape index (κ1) is 16.0. The number of carbonyl (C=O) groups is 1. The first-order chi connectivity index (χ1) is 8.60. The average molecular weight is 329 g/mol. The Kier molecular flexibility index (Phi) is 4.67. The standard InChI is InChI=1S/C15H21BrO3/c1-6-14(2,3)10-7-8-12(11(16)9-10)19-15(4,5)13(17)18/h7-9H,6H2,1-5H3,(H,17,18). The molecule has 19 heavy (non-hydrogen) atoms. The number of rotatable bonds is 5. The molecule has 0 aliphatic heterocycles. The lowest BCUT2D eigenvalue weighted by molar-refractivity contribution is -0.152. The molecule has 1 rings (SSSR count). The van der Waals surface area contributed by atoms with E-state index in [0.717, 1.165) is 10.9 Å². The van der Waals surface area contributed by atoms with Crippen molar-refractivity contribution in [3.05, 3.63) is 28.2 Å². The van der Waals surface area contributed by atoms with Crippen molar-refractivity contribution in [1.82, 2.24) is 0 Å². The maximum absolute atomic E-state index is 11.1. The van der Waals surface area contributed by atoms with Crippen LogP contribution in [0.15, 0.2) is 22.7 Å². The smallest absolute Gasteiger partial charge is 0.347 e. The summed E-state index contributed by atoms with van der Waals surface area (Å²) in [5, 5.41) is 9.08. The van der Waals surface area contributed by atoms with Crippen LogP contribution in [0, 0.1) is 0 Å². The van der Waals surface area contributed by atoms with Gasteiger partial charge in [0.15, 0.2) is 5.60 Å². The van der Waals surface area contributed by atoms with E-state index >= 15 is 0 Å². The summed E-state index contributed by atoms with van der Waals surface area (Å²) in [6.07, 6.45) is 1.03. The van der Waals surface area contributed by atoms with Gasteiger partial charge in [-0.15, -0.1) is 0 Å². The molecule has 0 amide bonds. The number of hydrogen-bond acceptors (Lipinski definition) is 2. The minimum Gasteiger partial charge on any atom is -0.478 e. The van der Waals surface area contributed by atoms with E-state index < -0.39 is 11.6 Å². The van der Waals surface area contributed by atoms with Crippen LogP contribution in [0.1, 0.15) is 46.6 Å². The summed E-state index contributed by atoms with van der Waals surface area (Å²) in [5.41, 5.74) is 0.0376. The van der Waals surface area contributed by atoms with E-state index in [1.165, 1.54) is 19.4 Å². The zero-order valence-electron chi connectivity index (χ0n) is 12.1. The third kappa shape index (κ3) is 3.72. The van der Waals surface area contributed by atoms with E-state index in [9.17, 15) is 4.79 Å². The molecule has 0 atom stereocenters. The van der Waals surface area contributed by atoms with Gasteiger partial charge in [0, 0.05) is 0 Å². The van der Waals surface area contributed by atoms with Crippen molar-refractivity contribution in [2.24, 2.45) is 0 Å². The van der Waals surface area contributed by atoms with Crippen molar-refractivity contribution in [1.29, 1.82) is 0 Å². The predicted octanol–water partition coefficient (Wildman–Crippen LogP) is 4.38. The van der Waals surface area contributed by atoms with Crippen molar-refractivity contribution in [3.8, 4) is 5.75 Å². The van der Waals surface area contributed by atoms with Gasteiger partial charge < -0.3 is 9.84 Å². The molecule has 0 aromatic heterocycles. The molecule has 0 aliphatic rings. The molecule has 0 radical (unpaired) electrons. The Bertz CT molecular complexity index is 478. The lowest BCUT2D eigenvalue weighted by atomic mass is 9.82. The van der Waals surface area contributed by atoms with Crippen LogP contribution < -0.4 is 4.74 Å². The number of carboxylic acid groups (broad SMARTS) is 1. The van der Waals surface area contributed by atoms with E-state index in [4.69, 9.17) is 9.84 Å². The van der Waals surface area contributed by atoms with Crippen molar-refractivity contribution in [2.45, 2.75) is 52.1 Å². The first-order valence-electron chi connectivity index (χ1n) is 6.32. The normalized spacial score (nSPS) is 12.3. The zero-order chi connectivity index (χ0) is 14.8. The zero-order valence-corrected chi connectivity index (χ0v) is 13.7. The molecule has 4 heteroatoms. The maximum Gasteiger partial charge on any atom is 0.347 e. The molecule has 1 aromatic rings. The Labute approximate surface area is 123 Å². The molecule has 0 aliphatic carbocycles. The summed E-state index contributed by atoms with van der Waals surface area (Å²) in [6.45, 7) is 9.57. The number of benzene rings is 1. The Morgan fingerprint density at radius 2 is 1.89 bits per heavy atom. The maximum atomic E-state index is 11.1. The van der Waals surface area contributed by atoms with Crippen LogP contribution in [0.25, 0.3) is 0 Å². The summed E-state index contributed by atoms with van der Waals surface area (Å²) in [6, 6.07) is 5.81. The van der Waals surface area contributed by atoms with Gasteiger partial charge in [-0.1, -0.05) is 26.8 Å². The fourth-order valence-corrected chi connectivity index (χ4v) is 1.99. The van der Waals surface area contributed by atoms with Gasteiger partial charge in [0.1, 0.15) is 5.75 Å². The van der Waals surface area contributed by atoms with Gasteiger partial charge in [0.25, 0.3) is 0 Å². The Morgan fingerprint density at radius 3 is 2.32 bits per heavy atom. The quantitative estimate of drug-likeness (QED) is 0.872. The molecule has 3 nitrogen and oxygen atoms in total. The second-order valence-corrected chi connectivity index (χ2v) is 6.65. The van der Waals surface area contributed by atoms with Gasteiger partial charge in [-0.2, -0.15) is 0 Å². The highest BCUT2D eigenvalue weighted by molar-refractivity contribution is 9.10. The summed E-state index contributed by atoms with van der Waals surface area (Å²) >= 11 is 3.45. The van der Waals surface area contributed by atoms with Crippen LogP contribution in [0.2, 0.25) is 0 Å². The van der Waals surface area contributed by atoms with E-state index in [1.54, 1.807) is 0 Å². The largest absolute Gasteiger partial charge is 0.478 e. The number of ether oxygens (including phenoxy) is 1. The van der Waals surface area contributed by atoms with Gasteiger partial charge in [0.05, 0.1) is 4.47 Å². The second-order valence-electron chi connectivity index (χ2n) is 5.80. The summed E-state index contributed by atoms with van der Waals surface area (Å²) in [4.78, 5) is 11.1. The number of halogens is 1. The highest BCUT2D eigenvalue weighted by Gasteiger charge is 2.30. The van der Waals surface area contributed by atoms with E-state index in [-0.39, 0.29) is 5.41 Å². The lowest BCUT2D eigenvalue weighted by Gasteiger charge is -2.26. The van der Waals surface area contributed by atoms with Crippen LogP contribution in [-0.4, -0.2) is 16.7 Å². The summed E-state index contributed by atoms with van der Waals surface area (Å²) in [7, 11) is 0. The minimum atomic E-state index is -1.25. The molecule has 0 unspecified atom stereocenters. The molecular formula is C15H21BrO3. The predicted molar refractivity (Wildman–Crippen MR) is 79.8 cm³/mol. The third-order valence-corrected chi connectivity index (χ3v) is 4.10. The van der Waals surface area contributed by atoms with Crippen LogP contribution in [0.5, 0.6) is 5.75 Å². The number of aliphatic carboxylic acids is 1. The Morgan fingerprint density at radius 1 is 1.32 bits per heavy atom. The number of hydrogen-bond donors (Lipinski definition) is 1. The Hall–Kier alpha value is -1.03. The average Bonchev–Trinajstić information content (AvgIpc) is 2.31. The van der Waals surface area contributed by atoms with Gasteiger partial charge in [-0.25, -0.2) is 4.79 Å².